The fourth-order valence-corrected chi connectivity index (χ4v) is 3.28. The largest absolute Gasteiger partial charge is 0.324 e. The number of halogens is 1. The molecule has 1 aromatic carbocycles. The number of likely N-dealkylation sites (tertiary alicyclic amines) is 1. The van der Waals surface area contributed by atoms with Crippen molar-refractivity contribution in [3.63, 3.8) is 0 Å². The molecule has 118 valence electrons. The highest BCUT2D eigenvalue weighted by molar-refractivity contribution is 14.1. The average molecular weight is 414 g/mol. The molecule has 5 nitrogen and oxygen atoms in total. The van der Waals surface area contributed by atoms with Gasteiger partial charge in [-0.3, -0.25) is 19.3 Å². The van der Waals surface area contributed by atoms with Crippen LogP contribution >= 0.6 is 22.6 Å². The summed E-state index contributed by atoms with van der Waals surface area (Å²) in [6, 6.07) is 7.36. The quantitative estimate of drug-likeness (QED) is 0.596. The van der Waals surface area contributed by atoms with Crippen LogP contribution in [0.3, 0.4) is 0 Å². The minimum atomic E-state index is -0.626. The zero-order valence-electron chi connectivity index (χ0n) is 12.7. The Hall–Kier alpha value is -1.44. The summed E-state index contributed by atoms with van der Waals surface area (Å²) < 4.78 is 1.000. The fraction of sp³-hybridized carbons (Fsp3) is 0.438. The molecule has 0 unspecified atom stereocenters. The van der Waals surface area contributed by atoms with E-state index in [0.717, 1.165) is 8.47 Å². The molecule has 1 aliphatic rings. The Bertz CT molecular complexity index is 611. The molecule has 1 fully saturated rings. The number of imide groups is 1. The number of anilines is 1. The van der Waals surface area contributed by atoms with Crippen molar-refractivity contribution in [1.29, 1.82) is 0 Å². The standard InChI is InChI=1S/C16H19IN2O3/c1-3-16(4-2)9-14(21)19(15(16)22)10-13(20)18-12-7-5-6-11(17)8-12/h5-8H,3-4,9-10H2,1-2H3,(H,18,20). The summed E-state index contributed by atoms with van der Waals surface area (Å²) in [5, 5.41) is 2.72. The van der Waals surface area contributed by atoms with E-state index in [0.29, 0.717) is 18.5 Å². The lowest BCUT2D eigenvalue weighted by Crippen LogP contribution is -2.40. The summed E-state index contributed by atoms with van der Waals surface area (Å²) in [5.41, 5.74) is 0.0349. The van der Waals surface area contributed by atoms with Gasteiger partial charge in [-0.25, -0.2) is 0 Å². The topological polar surface area (TPSA) is 66.5 Å². The zero-order valence-corrected chi connectivity index (χ0v) is 14.8. The third kappa shape index (κ3) is 3.31. The Kier molecular flexibility index (Phi) is 5.20. The molecular formula is C16H19IN2O3. The van der Waals surface area contributed by atoms with Gasteiger partial charge >= 0.3 is 0 Å². The van der Waals surface area contributed by atoms with Crippen LogP contribution in [0.15, 0.2) is 24.3 Å². The second-order valence-corrected chi connectivity index (χ2v) is 6.75. The van der Waals surface area contributed by atoms with Crippen LogP contribution in [0.2, 0.25) is 0 Å². The van der Waals surface area contributed by atoms with E-state index in [2.05, 4.69) is 27.9 Å². The lowest BCUT2D eigenvalue weighted by molar-refractivity contribution is -0.144. The first-order chi connectivity index (χ1) is 10.4. The maximum absolute atomic E-state index is 12.5. The molecule has 2 rings (SSSR count). The maximum atomic E-state index is 12.5. The van der Waals surface area contributed by atoms with Crippen molar-refractivity contribution in [2.45, 2.75) is 33.1 Å². The molecule has 1 N–H and O–H groups in total. The van der Waals surface area contributed by atoms with Crippen molar-refractivity contribution in [3.8, 4) is 0 Å². The van der Waals surface area contributed by atoms with Crippen LogP contribution in [0.4, 0.5) is 5.69 Å². The van der Waals surface area contributed by atoms with E-state index in [1.165, 1.54) is 0 Å². The molecule has 0 aliphatic carbocycles. The average Bonchev–Trinajstić information content (AvgIpc) is 2.72. The Morgan fingerprint density at radius 1 is 1.32 bits per heavy atom. The van der Waals surface area contributed by atoms with Crippen molar-refractivity contribution < 1.29 is 14.4 Å². The molecule has 0 spiro atoms. The summed E-state index contributed by atoms with van der Waals surface area (Å²) in [5.74, 6) is -0.835. The minimum absolute atomic E-state index is 0.204. The number of hydrogen-bond acceptors (Lipinski definition) is 3. The minimum Gasteiger partial charge on any atom is -0.324 e. The summed E-state index contributed by atoms with van der Waals surface area (Å²) in [6.45, 7) is 3.60. The Morgan fingerprint density at radius 2 is 2.00 bits per heavy atom. The lowest BCUT2D eigenvalue weighted by atomic mass is 9.81. The molecule has 0 atom stereocenters. The van der Waals surface area contributed by atoms with Crippen LogP contribution in [-0.4, -0.2) is 29.2 Å². The third-order valence-corrected chi connectivity index (χ3v) is 4.92. The number of hydrogen-bond donors (Lipinski definition) is 1. The molecule has 0 bridgehead atoms. The van der Waals surface area contributed by atoms with E-state index in [9.17, 15) is 14.4 Å². The highest BCUT2D eigenvalue weighted by Crippen LogP contribution is 2.38. The van der Waals surface area contributed by atoms with Crippen molar-refractivity contribution in [3.05, 3.63) is 27.8 Å². The Morgan fingerprint density at radius 3 is 2.55 bits per heavy atom. The zero-order chi connectivity index (χ0) is 16.3. The summed E-state index contributed by atoms with van der Waals surface area (Å²) in [4.78, 5) is 37.7. The van der Waals surface area contributed by atoms with E-state index < -0.39 is 5.41 Å². The van der Waals surface area contributed by atoms with E-state index in [4.69, 9.17) is 0 Å². The molecule has 1 aromatic rings. The van der Waals surface area contributed by atoms with Gasteiger partial charge in [0.25, 0.3) is 0 Å². The summed E-state index contributed by atoms with van der Waals surface area (Å²) >= 11 is 2.15. The number of benzene rings is 1. The fourth-order valence-electron chi connectivity index (χ4n) is 2.73. The summed E-state index contributed by atoms with van der Waals surface area (Å²) in [7, 11) is 0. The van der Waals surface area contributed by atoms with Gasteiger partial charge in [0, 0.05) is 15.7 Å². The van der Waals surface area contributed by atoms with Crippen LogP contribution in [0.25, 0.3) is 0 Å². The van der Waals surface area contributed by atoms with E-state index in [1.54, 1.807) is 6.07 Å². The smallest absolute Gasteiger partial charge is 0.244 e. The normalized spacial score (nSPS) is 17.0. The second kappa shape index (κ2) is 6.76. The number of nitrogens with zero attached hydrogens (tertiary/aromatic N) is 1. The van der Waals surface area contributed by atoms with E-state index >= 15 is 0 Å². The van der Waals surface area contributed by atoms with Gasteiger partial charge in [0.15, 0.2) is 0 Å². The molecule has 3 amide bonds. The molecule has 1 heterocycles. The number of nitrogens with one attached hydrogen (secondary N) is 1. The Balaban J connectivity index is 2.06. The maximum Gasteiger partial charge on any atom is 0.244 e. The predicted octanol–water partition coefficient (Wildman–Crippen LogP) is 2.80. The molecule has 1 saturated heterocycles. The van der Waals surface area contributed by atoms with Crippen molar-refractivity contribution >= 4 is 46.0 Å². The molecular weight excluding hydrogens is 395 g/mol. The Labute approximate surface area is 143 Å². The third-order valence-electron chi connectivity index (χ3n) is 4.25. The lowest BCUT2D eigenvalue weighted by Gasteiger charge is -2.23. The van der Waals surface area contributed by atoms with Crippen LogP contribution in [-0.2, 0) is 14.4 Å². The van der Waals surface area contributed by atoms with Crippen molar-refractivity contribution in [2.24, 2.45) is 5.41 Å². The van der Waals surface area contributed by atoms with Gasteiger partial charge < -0.3 is 5.32 Å². The number of carbonyl (C=O) groups is 3. The predicted molar refractivity (Wildman–Crippen MR) is 92.1 cm³/mol. The molecule has 0 aromatic heterocycles. The second-order valence-electron chi connectivity index (χ2n) is 5.51. The number of carbonyl (C=O) groups excluding carboxylic acids is 3. The molecule has 1 aliphatic heterocycles. The molecule has 6 heteroatoms. The highest BCUT2D eigenvalue weighted by Gasteiger charge is 2.49. The first-order valence-corrected chi connectivity index (χ1v) is 8.40. The van der Waals surface area contributed by atoms with E-state index in [1.807, 2.05) is 32.0 Å². The first-order valence-electron chi connectivity index (χ1n) is 7.32. The van der Waals surface area contributed by atoms with Gasteiger partial charge in [0.1, 0.15) is 6.54 Å². The van der Waals surface area contributed by atoms with Gasteiger partial charge in [-0.1, -0.05) is 19.9 Å². The van der Waals surface area contributed by atoms with Gasteiger partial charge in [-0.15, -0.1) is 0 Å². The van der Waals surface area contributed by atoms with E-state index in [-0.39, 0.29) is 30.7 Å². The molecule has 22 heavy (non-hydrogen) atoms. The van der Waals surface area contributed by atoms with Gasteiger partial charge in [0.05, 0.1) is 5.41 Å². The number of amides is 3. The SMILES string of the molecule is CCC1(CC)CC(=O)N(CC(=O)Nc2cccc(I)c2)C1=O. The van der Waals surface area contributed by atoms with Gasteiger partial charge in [-0.2, -0.15) is 0 Å². The van der Waals surface area contributed by atoms with Crippen LogP contribution in [0.1, 0.15) is 33.1 Å². The van der Waals surface area contributed by atoms with Crippen molar-refractivity contribution in [2.75, 3.05) is 11.9 Å². The number of rotatable bonds is 5. The molecule has 0 saturated carbocycles. The van der Waals surface area contributed by atoms with Crippen LogP contribution in [0.5, 0.6) is 0 Å². The van der Waals surface area contributed by atoms with Gasteiger partial charge in [0.2, 0.25) is 17.7 Å². The van der Waals surface area contributed by atoms with Crippen molar-refractivity contribution in [1.82, 2.24) is 4.90 Å². The monoisotopic (exact) mass is 414 g/mol. The summed E-state index contributed by atoms with van der Waals surface area (Å²) in [6.07, 6.45) is 1.43. The highest BCUT2D eigenvalue weighted by atomic mass is 127. The van der Waals surface area contributed by atoms with Crippen LogP contribution in [0, 0.1) is 8.99 Å². The van der Waals surface area contributed by atoms with Gasteiger partial charge in [-0.05, 0) is 53.6 Å². The van der Waals surface area contributed by atoms with Crippen LogP contribution < -0.4 is 5.32 Å². The first kappa shape index (κ1) is 16.9. The molecule has 0 radical (unpaired) electrons.